The first-order valence-electron chi connectivity index (χ1n) is 4.12. The van der Waals surface area contributed by atoms with E-state index in [-0.39, 0.29) is 16.8 Å². The second kappa shape index (κ2) is 4.84. The molecule has 0 saturated carbocycles. The van der Waals surface area contributed by atoms with Crippen LogP contribution < -0.4 is 0 Å². The molecule has 0 aromatic carbocycles. The number of oxime groups is 1. The second-order valence-corrected chi connectivity index (χ2v) is 6.10. The molecule has 6 heteroatoms. The Morgan fingerprint density at radius 1 is 1.79 bits per heavy atom. The second-order valence-electron chi connectivity index (χ2n) is 2.95. The lowest BCUT2D eigenvalue weighted by Gasteiger charge is -2.03. The van der Waals surface area contributed by atoms with E-state index < -0.39 is 9.84 Å². The van der Waals surface area contributed by atoms with Gasteiger partial charge in [0.1, 0.15) is 6.61 Å². The van der Waals surface area contributed by atoms with Crippen molar-refractivity contribution < 1.29 is 13.3 Å². The van der Waals surface area contributed by atoms with Crippen LogP contribution in [-0.4, -0.2) is 43.7 Å². The molecule has 1 aliphatic heterocycles. The molecule has 80 valence electrons. The van der Waals surface area contributed by atoms with Gasteiger partial charge in [0.25, 0.3) is 0 Å². The smallest absolute Gasteiger partial charge is 0.157 e. The number of hydrogen-bond donors (Lipinski definition) is 0. The Balaban J connectivity index is 2.68. The summed E-state index contributed by atoms with van der Waals surface area (Å²) in [4.78, 5) is 4.88. The maximum absolute atomic E-state index is 11.3. The maximum Gasteiger partial charge on any atom is 0.157 e. The molecule has 0 N–H and O–H groups in total. The lowest BCUT2D eigenvalue weighted by molar-refractivity contribution is 0.174. The molecule has 0 spiro atoms. The third-order valence-corrected chi connectivity index (χ3v) is 4.60. The van der Waals surface area contributed by atoms with Crippen LogP contribution in [0.3, 0.4) is 0 Å². The minimum absolute atomic E-state index is 0.0235. The summed E-state index contributed by atoms with van der Waals surface area (Å²) in [6.45, 7) is 3.79. The van der Waals surface area contributed by atoms with Crippen LogP contribution in [0, 0.1) is 0 Å². The Kier molecular flexibility index (Phi) is 4.00. The minimum atomic E-state index is -2.95. The molecule has 0 bridgehead atoms. The fourth-order valence-corrected chi connectivity index (χ4v) is 4.31. The Morgan fingerprint density at radius 3 is 3.07 bits per heavy atom. The fraction of sp³-hybridized carbons (Fsp3) is 0.625. The van der Waals surface area contributed by atoms with Gasteiger partial charge in [-0.2, -0.15) is 11.8 Å². The third-order valence-electron chi connectivity index (χ3n) is 1.80. The Hall–Kier alpha value is -0.490. The highest BCUT2D eigenvalue weighted by atomic mass is 32.2. The molecule has 1 atom stereocenters. The molecule has 0 radical (unpaired) electrons. The summed E-state index contributed by atoms with van der Waals surface area (Å²) in [7, 11) is -2.95. The Labute approximate surface area is 88.3 Å². The summed E-state index contributed by atoms with van der Waals surface area (Å²) in [6, 6.07) is 0. The number of thioether (sulfide) groups is 1. The molecule has 0 aliphatic carbocycles. The normalized spacial score (nSPS) is 27.8. The van der Waals surface area contributed by atoms with Crippen molar-refractivity contribution in [2.24, 2.45) is 5.16 Å². The van der Waals surface area contributed by atoms with Crippen LogP contribution in [0.1, 0.15) is 0 Å². The molecule has 0 amide bonds. The van der Waals surface area contributed by atoms with Crippen LogP contribution in [0.5, 0.6) is 0 Å². The SMILES string of the molecule is C=CCO/N=C1\CS(=O)(=O)CC1SC. The average molecular weight is 235 g/mol. The third kappa shape index (κ3) is 3.02. The van der Waals surface area contributed by atoms with Gasteiger partial charge in [-0.1, -0.05) is 17.8 Å². The van der Waals surface area contributed by atoms with E-state index in [0.717, 1.165) is 0 Å². The molecule has 1 unspecified atom stereocenters. The standard InChI is InChI=1S/C8H13NO3S2/c1-3-4-12-9-7-5-14(10,11)6-8(7)13-2/h3,8H,1,4-6H2,2H3/b9-7+. The van der Waals surface area contributed by atoms with Crippen molar-refractivity contribution >= 4 is 27.3 Å². The summed E-state index contributed by atoms with van der Waals surface area (Å²) >= 11 is 1.49. The van der Waals surface area contributed by atoms with Crippen LogP contribution in [0.15, 0.2) is 17.8 Å². The van der Waals surface area contributed by atoms with Gasteiger partial charge in [0.15, 0.2) is 9.84 Å². The van der Waals surface area contributed by atoms with Gasteiger partial charge in [0, 0.05) is 0 Å². The van der Waals surface area contributed by atoms with Gasteiger partial charge in [-0.3, -0.25) is 0 Å². The summed E-state index contributed by atoms with van der Waals surface area (Å²) in [6.07, 6.45) is 3.44. The van der Waals surface area contributed by atoms with Crippen LogP contribution in [0.2, 0.25) is 0 Å². The summed E-state index contributed by atoms with van der Waals surface area (Å²) in [5.41, 5.74) is 0.611. The number of sulfone groups is 1. The quantitative estimate of drug-likeness (QED) is 0.409. The molecular weight excluding hydrogens is 222 g/mol. The van der Waals surface area contributed by atoms with Crippen molar-refractivity contribution in [3.05, 3.63) is 12.7 Å². The highest BCUT2D eigenvalue weighted by molar-refractivity contribution is 8.02. The molecule has 0 aromatic rings. The van der Waals surface area contributed by atoms with Gasteiger partial charge in [-0.05, 0) is 6.26 Å². The van der Waals surface area contributed by atoms with E-state index in [1.165, 1.54) is 11.8 Å². The highest BCUT2D eigenvalue weighted by Gasteiger charge is 2.34. The van der Waals surface area contributed by atoms with Gasteiger partial charge in [0.05, 0.1) is 22.5 Å². The molecule has 1 aliphatic rings. The van der Waals surface area contributed by atoms with E-state index in [2.05, 4.69) is 11.7 Å². The van der Waals surface area contributed by atoms with E-state index in [1.54, 1.807) is 6.08 Å². The van der Waals surface area contributed by atoms with Crippen molar-refractivity contribution in [2.45, 2.75) is 5.25 Å². The predicted molar refractivity (Wildman–Crippen MR) is 59.5 cm³/mol. The van der Waals surface area contributed by atoms with E-state index >= 15 is 0 Å². The van der Waals surface area contributed by atoms with Crippen LogP contribution >= 0.6 is 11.8 Å². The van der Waals surface area contributed by atoms with Crippen LogP contribution in [0.25, 0.3) is 0 Å². The van der Waals surface area contributed by atoms with E-state index in [4.69, 9.17) is 4.84 Å². The van der Waals surface area contributed by atoms with E-state index in [0.29, 0.717) is 12.3 Å². The van der Waals surface area contributed by atoms with Crippen LogP contribution in [0.4, 0.5) is 0 Å². The zero-order valence-corrected chi connectivity index (χ0v) is 9.60. The zero-order valence-electron chi connectivity index (χ0n) is 7.97. The lowest BCUT2D eigenvalue weighted by Crippen LogP contribution is -2.14. The highest BCUT2D eigenvalue weighted by Crippen LogP contribution is 2.20. The molecule has 1 saturated heterocycles. The first kappa shape index (κ1) is 11.6. The van der Waals surface area contributed by atoms with Crippen molar-refractivity contribution in [3.8, 4) is 0 Å². The summed E-state index contributed by atoms with van der Waals surface area (Å²) < 4.78 is 22.5. The lowest BCUT2D eigenvalue weighted by atomic mass is 10.3. The number of hydrogen-bond acceptors (Lipinski definition) is 5. The number of rotatable bonds is 4. The molecule has 4 nitrogen and oxygen atoms in total. The summed E-state index contributed by atoms with van der Waals surface area (Å²) in [5, 5.41) is 3.76. The summed E-state index contributed by atoms with van der Waals surface area (Å²) in [5.74, 6) is 0.195. The number of nitrogens with zero attached hydrogens (tertiary/aromatic N) is 1. The monoisotopic (exact) mass is 235 g/mol. The van der Waals surface area contributed by atoms with Gasteiger partial charge in [-0.25, -0.2) is 8.42 Å². The van der Waals surface area contributed by atoms with Gasteiger partial charge < -0.3 is 4.84 Å². The minimum Gasteiger partial charge on any atom is -0.392 e. The molecule has 1 heterocycles. The van der Waals surface area contributed by atoms with Crippen LogP contribution in [-0.2, 0) is 14.7 Å². The Morgan fingerprint density at radius 2 is 2.50 bits per heavy atom. The van der Waals surface area contributed by atoms with E-state index in [1.807, 2.05) is 6.26 Å². The van der Waals surface area contributed by atoms with Crippen molar-refractivity contribution in [1.29, 1.82) is 0 Å². The predicted octanol–water partition coefficient (Wildman–Crippen LogP) is 0.705. The molecule has 1 fully saturated rings. The fourth-order valence-electron chi connectivity index (χ4n) is 1.17. The van der Waals surface area contributed by atoms with Gasteiger partial charge >= 0.3 is 0 Å². The first-order valence-corrected chi connectivity index (χ1v) is 7.23. The van der Waals surface area contributed by atoms with E-state index in [9.17, 15) is 8.42 Å². The molecule has 14 heavy (non-hydrogen) atoms. The first-order chi connectivity index (χ1) is 6.59. The molecule has 0 aromatic heterocycles. The maximum atomic E-state index is 11.3. The molecular formula is C8H13NO3S2. The molecule has 1 rings (SSSR count). The van der Waals surface area contributed by atoms with Crippen molar-refractivity contribution in [1.82, 2.24) is 0 Å². The Bertz CT molecular complexity index is 334. The average Bonchev–Trinajstić information content (AvgIpc) is 2.41. The topological polar surface area (TPSA) is 55.7 Å². The van der Waals surface area contributed by atoms with Gasteiger partial charge in [0.2, 0.25) is 0 Å². The van der Waals surface area contributed by atoms with Crippen molar-refractivity contribution in [3.63, 3.8) is 0 Å². The zero-order chi connectivity index (χ0) is 10.6. The van der Waals surface area contributed by atoms with Crippen molar-refractivity contribution in [2.75, 3.05) is 24.4 Å². The largest absolute Gasteiger partial charge is 0.392 e. The van der Waals surface area contributed by atoms with Gasteiger partial charge in [-0.15, -0.1) is 0 Å².